The van der Waals surface area contributed by atoms with Crippen LogP contribution in [0.15, 0.2) is 10.7 Å². The summed E-state index contributed by atoms with van der Waals surface area (Å²) in [5, 5.41) is 2.38. The number of anilines is 2. The van der Waals surface area contributed by atoms with Crippen molar-refractivity contribution in [1.29, 1.82) is 0 Å². The molecule has 8 heteroatoms. The van der Waals surface area contributed by atoms with Crippen LogP contribution in [0, 0.1) is 0 Å². The Morgan fingerprint density at radius 2 is 2.06 bits per heavy atom. The summed E-state index contributed by atoms with van der Waals surface area (Å²) < 4.78 is 38.3. The van der Waals surface area contributed by atoms with Gasteiger partial charge in [0.15, 0.2) is 0 Å². The van der Waals surface area contributed by atoms with Crippen LogP contribution in [0.4, 0.5) is 24.9 Å². The summed E-state index contributed by atoms with van der Waals surface area (Å²) in [6.07, 6.45) is -2.87. The molecule has 1 saturated carbocycles. The van der Waals surface area contributed by atoms with Gasteiger partial charge in [0.2, 0.25) is 5.95 Å². The van der Waals surface area contributed by atoms with Gasteiger partial charge < -0.3 is 11.1 Å². The molecular weight excluding hydrogens is 289 g/mol. The third-order valence-electron chi connectivity index (χ3n) is 2.41. The number of hydrogen-bond donors (Lipinski definition) is 2. The molecule has 1 aliphatic rings. The minimum Gasteiger partial charge on any atom is -0.368 e. The van der Waals surface area contributed by atoms with E-state index in [9.17, 15) is 13.2 Å². The predicted molar refractivity (Wildman–Crippen MR) is 55.8 cm³/mol. The van der Waals surface area contributed by atoms with E-state index in [1.807, 2.05) is 0 Å². The van der Waals surface area contributed by atoms with Crippen molar-refractivity contribution in [2.45, 2.75) is 24.6 Å². The van der Waals surface area contributed by atoms with E-state index < -0.39 is 11.7 Å². The third kappa shape index (κ3) is 1.93. The van der Waals surface area contributed by atoms with Crippen LogP contribution in [0.3, 0.4) is 0 Å². The molecule has 88 valence electrons. The van der Waals surface area contributed by atoms with Crippen LogP contribution in [0.25, 0.3) is 0 Å². The zero-order valence-corrected chi connectivity index (χ0v) is 9.56. The fraction of sp³-hybridized carbons (Fsp3) is 0.500. The zero-order chi connectivity index (χ0) is 12.0. The van der Waals surface area contributed by atoms with Crippen molar-refractivity contribution in [3.63, 3.8) is 0 Å². The smallest absolute Gasteiger partial charge is 0.368 e. The van der Waals surface area contributed by atoms with Gasteiger partial charge in [-0.05, 0) is 28.8 Å². The second-order valence-corrected chi connectivity index (χ2v) is 4.48. The molecule has 1 aromatic rings. The molecule has 0 aromatic carbocycles. The number of nitrogens with two attached hydrogens (primary N) is 1. The average Bonchev–Trinajstić information content (AvgIpc) is 2.91. The van der Waals surface area contributed by atoms with E-state index in [1.54, 1.807) is 0 Å². The molecule has 0 atom stereocenters. The zero-order valence-electron chi connectivity index (χ0n) is 7.98. The molecule has 1 aliphatic carbocycles. The SMILES string of the molecule is Nc1ncc(Br)c(NC2(C(F)(F)F)CC2)n1. The monoisotopic (exact) mass is 296 g/mol. The standard InChI is InChI=1S/C8H8BrF3N4/c9-4-3-14-6(13)15-5(4)16-7(1-2-7)8(10,11)12/h3H,1-2H2,(H3,13,14,15,16). The summed E-state index contributed by atoms with van der Waals surface area (Å²) in [6, 6.07) is 0. The van der Waals surface area contributed by atoms with Crippen LogP contribution in [0.5, 0.6) is 0 Å². The van der Waals surface area contributed by atoms with Crippen LogP contribution in [-0.2, 0) is 0 Å². The third-order valence-corrected chi connectivity index (χ3v) is 2.99. The number of aromatic nitrogens is 2. The number of nitrogen functional groups attached to an aromatic ring is 1. The van der Waals surface area contributed by atoms with Crippen molar-refractivity contribution in [3.8, 4) is 0 Å². The van der Waals surface area contributed by atoms with Crippen LogP contribution in [0.2, 0.25) is 0 Å². The van der Waals surface area contributed by atoms with Gasteiger partial charge in [0.05, 0.1) is 4.47 Å². The lowest BCUT2D eigenvalue weighted by Gasteiger charge is -2.21. The largest absolute Gasteiger partial charge is 0.411 e. The molecule has 1 fully saturated rings. The van der Waals surface area contributed by atoms with Crippen molar-refractivity contribution in [1.82, 2.24) is 9.97 Å². The van der Waals surface area contributed by atoms with E-state index in [-0.39, 0.29) is 24.6 Å². The minimum atomic E-state index is -4.29. The molecule has 0 bridgehead atoms. The maximum absolute atomic E-state index is 12.7. The van der Waals surface area contributed by atoms with E-state index in [2.05, 4.69) is 31.2 Å². The maximum atomic E-state index is 12.7. The van der Waals surface area contributed by atoms with E-state index >= 15 is 0 Å². The molecule has 1 heterocycles. The molecule has 4 nitrogen and oxygen atoms in total. The number of halogens is 4. The average molecular weight is 297 g/mol. The summed E-state index contributed by atoms with van der Waals surface area (Å²) >= 11 is 3.07. The molecule has 16 heavy (non-hydrogen) atoms. The highest BCUT2D eigenvalue weighted by Crippen LogP contribution is 2.51. The summed E-state index contributed by atoms with van der Waals surface area (Å²) in [5.74, 6) is 0.00556. The molecule has 1 aromatic heterocycles. The first kappa shape index (κ1) is 11.4. The summed E-state index contributed by atoms with van der Waals surface area (Å²) in [6.45, 7) is 0. The van der Waals surface area contributed by atoms with Gasteiger partial charge in [0.1, 0.15) is 11.4 Å². The Labute approximate surface area is 97.6 Å². The molecule has 3 N–H and O–H groups in total. The van der Waals surface area contributed by atoms with Crippen LogP contribution < -0.4 is 11.1 Å². The quantitative estimate of drug-likeness (QED) is 0.879. The lowest BCUT2D eigenvalue weighted by Crippen LogP contribution is -2.39. The lowest BCUT2D eigenvalue weighted by atomic mass is 10.2. The van der Waals surface area contributed by atoms with Gasteiger partial charge in [0.25, 0.3) is 0 Å². The highest BCUT2D eigenvalue weighted by Gasteiger charge is 2.63. The summed E-state index contributed by atoms with van der Waals surface area (Å²) in [4.78, 5) is 7.37. The van der Waals surface area contributed by atoms with E-state index in [0.29, 0.717) is 4.47 Å². The second kappa shape index (κ2) is 3.47. The molecule has 0 radical (unpaired) electrons. The number of rotatable bonds is 2. The van der Waals surface area contributed by atoms with Crippen molar-refractivity contribution in [2.24, 2.45) is 0 Å². The van der Waals surface area contributed by atoms with Crippen LogP contribution >= 0.6 is 15.9 Å². The number of hydrogen-bond acceptors (Lipinski definition) is 4. The predicted octanol–water partition coefficient (Wildman–Crippen LogP) is 2.33. The Kier molecular flexibility index (Phi) is 2.48. The second-order valence-electron chi connectivity index (χ2n) is 3.63. The van der Waals surface area contributed by atoms with E-state index in [1.165, 1.54) is 6.20 Å². The van der Waals surface area contributed by atoms with E-state index in [4.69, 9.17) is 5.73 Å². The number of alkyl halides is 3. The first-order chi connectivity index (χ1) is 7.34. The van der Waals surface area contributed by atoms with Gasteiger partial charge in [-0.2, -0.15) is 18.2 Å². The fourth-order valence-corrected chi connectivity index (χ4v) is 1.59. The molecule has 0 amide bonds. The van der Waals surface area contributed by atoms with E-state index in [0.717, 1.165) is 0 Å². The molecule has 0 unspecified atom stereocenters. The Bertz CT molecular complexity index is 416. The first-order valence-corrected chi connectivity index (χ1v) is 5.26. The van der Waals surface area contributed by atoms with Gasteiger partial charge in [-0.3, -0.25) is 0 Å². The van der Waals surface area contributed by atoms with Gasteiger partial charge in [0, 0.05) is 6.20 Å². The summed E-state index contributed by atoms with van der Waals surface area (Å²) in [7, 11) is 0. The highest BCUT2D eigenvalue weighted by atomic mass is 79.9. The number of nitrogens with one attached hydrogen (secondary N) is 1. The Balaban J connectivity index is 2.25. The van der Waals surface area contributed by atoms with Gasteiger partial charge in [-0.15, -0.1) is 0 Å². The van der Waals surface area contributed by atoms with Crippen LogP contribution in [-0.4, -0.2) is 21.7 Å². The van der Waals surface area contributed by atoms with Crippen molar-refractivity contribution in [2.75, 3.05) is 11.1 Å². The molecule has 2 rings (SSSR count). The molecule has 0 saturated heterocycles. The lowest BCUT2D eigenvalue weighted by molar-refractivity contribution is -0.151. The maximum Gasteiger partial charge on any atom is 0.411 e. The molecule has 0 aliphatic heterocycles. The molecule has 0 spiro atoms. The topological polar surface area (TPSA) is 63.8 Å². The fourth-order valence-electron chi connectivity index (χ4n) is 1.30. The Hall–Kier alpha value is -1.05. The van der Waals surface area contributed by atoms with Crippen molar-refractivity contribution >= 4 is 27.7 Å². The van der Waals surface area contributed by atoms with Gasteiger partial charge in [-0.1, -0.05) is 0 Å². The van der Waals surface area contributed by atoms with Gasteiger partial charge in [-0.25, -0.2) is 4.98 Å². The summed E-state index contributed by atoms with van der Waals surface area (Å²) in [5.41, 5.74) is 3.46. The first-order valence-electron chi connectivity index (χ1n) is 4.47. The highest BCUT2D eigenvalue weighted by molar-refractivity contribution is 9.10. The molecular formula is C8H8BrF3N4. The number of nitrogens with zero attached hydrogens (tertiary/aromatic N) is 2. The Morgan fingerprint density at radius 1 is 1.44 bits per heavy atom. The van der Waals surface area contributed by atoms with Crippen molar-refractivity contribution in [3.05, 3.63) is 10.7 Å². The normalized spacial score (nSPS) is 18.2. The van der Waals surface area contributed by atoms with Crippen molar-refractivity contribution < 1.29 is 13.2 Å². The Morgan fingerprint density at radius 3 is 2.56 bits per heavy atom. The van der Waals surface area contributed by atoms with Gasteiger partial charge >= 0.3 is 6.18 Å². The van der Waals surface area contributed by atoms with Crippen LogP contribution in [0.1, 0.15) is 12.8 Å². The minimum absolute atomic E-state index is 0.0485.